The Morgan fingerprint density at radius 1 is 1.07 bits per heavy atom. The lowest BCUT2D eigenvalue weighted by Crippen LogP contribution is -2.12. The highest BCUT2D eigenvalue weighted by Crippen LogP contribution is 2.37. The van der Waals surface area contributed by atoms with Crippen molar-refractivity contribution in [2.24, 2.45) is 0 Å². The average Bonchev–Trinajstić information content (AvgIpc) is 2.68. The molecule has 6 heteroatoms. The molecule has 3 aromatic carbocycles. The van der Waals surface area contributed by atoms with E-state index < -0.39 is 0 Å². The molecular weight excluding hydrogens is 477 g/mol. The van der Waals surface area contributed by atoms with Crippen LogP contribution in [0.2, 0.25) is 5.02 Å². The summed E-state index contributed by atoms with van der Waals surface area (Å²) in [7, 11) is 1.52. The van der Waals surface area contributed by atoms with Gasteiger partial charge in [0.2, 0.25) is 0 Å². The van der Waals surface area contributed by atoms with Crippen LogP contribution < -0.4 is 14.8 Å². The highest BCUT2D eigenvalue weighted by molar-refractivity contribution is 14.1. The van der Waals surface area contributed by atoms with Crippen molar-refractivity contribution in [3.05, 3.63) is 86.4 Å². The van der Waals surface area contributed by atoms with E-state index in [0.717, 1.165) is 9.13 Å². The molecule has 138 valence electrons. The van der Waals surface area contributed by atoms with Gasteiger partial charge in [-0.3, -0.25) is 4.79 Å². The van der Waals surface area contributed by atoms with Crippen LogP contribution in [0.1, 0.15) is 15.9 Å². The maximum absolute atomic E-state index is 12.6. The first-order valence-corrected chi connectivity index (χ1v) is 9.63. The van der Waals surface area contributed by atoms with Gasteiger partial charge in [-0.25, -0.2) is 0 Å². The molecule has 1 N–H and O–H groups in total. The van der Waals surface area contributed by atoms with E-state index in [1.165, 1.54) is 7.11 Å². The molecule has 1 amide bonds. The lowest BCUT2D eigenvalue weighted by molar-refractivity contribution is 0.102. The summed E-state index contributed by atoms with van der Waals surface area (Å²) >= 11 is 8.51. The first kappa shape index (κ1) is 19.5. The molecule has 4 nitrogen and oxygen atoms in total. The summed E-state index contributed by atoms with van der Waals surface area (Å²) in [5, 5.41) is 3.17. The number of methoxy groups -OCH3 is 1. The van der Waals surface area contributed by atoms with Crippen molar-refractivity contribution in [1.82, 2.24) is 0 Å². The summed E-state index contributed by atoms with van der Waals surface area (Å²) < 4.78 is 12.3. The number of anilines is 1. The Labute approximate surface area is 176 Å². The second kappa shape index (κ2) is 9.10. The van der Waals surface area contributed by atoms with Crippen LogP contribution in [0.4, 0.5) is 5.69 Å². The summed E-state index contributed by atoms with van der Waals surface area (Å²) in [5.74, 6) is 0.547. The zero-order chi connectivity index (χ0) is 19.2. The fourth-order valence-electron chi connectivity index (χ4n) is 2.48. The minimum atomic E-state index is -0.273. The van der Waals surface area contributed by atoms with Gasteiger partial charge in [0.05, 0.1) is 12.1 Å². The van der Waals surface area contributed by atoms with Crippen LogP contribution in [0, 0.1) is 3.57 Å². The zero-order valence-corrected chi connectivity index (χ0v) is 17.5. The number of hydrogen-bond donors (Lipinski definition) is 1. The van der Waals surface area contributed by atoms with Gasteiger partial charge >= 0.3 is 0 Å². The molecule has 3 rings (SSSR count). The monoisotopic (exact) mass is 493 g/mol. The molecule has 27 heavy (non-hydrogen) atoms. The Hall–Kier alpha value is -2.25. The lowest BCUT2D eigenvalue weighted by atomic mass is 10.1. The number of carbonyl (C=O) groups excluding carboxylic acids is 1. The van der Waals surface area contributed by atoms with Crippen LogP contribution in [0.5, 0.6) is 11.5 Å². The van der Waals surface area contributed by atoms with E-state index in [1.54, 1.807) is 12.1 Å². The second-order valence-corrected chi connectivity index (χ2v) is 7.38. The standard InChI is InChI=1S/C21H17ClINO3/c1-26-20-18(22)11-15(21(25)24-17-9-7-16(23)8-10-17)12-19(20)27-13-14-5-3-2-4-6-14/h2-12H,13H2,1H3,(H,24,25). The maximum Gasteiger partial charge on any atom is 0.255 e. The van der Waals surface area contributed by atoms with Gasteiger partial charge in [0.1, 0.15) is 6.61 Å². The van der Waals surface area contributed by atoms with Crippen LogP contribution in [-0.2, 0) is 6.61 Å². The maximum atomic E-state index is 12.6. The number of carbonyl (C=O) groups is 1. The quantitative estimate of drug-likeness (QED) is 0.443. The van der Waals surface area contributed by atoms with Gasteiger partial charge in [-0.2, -0.15) is 0 Å². The Bertz CT molecular complexity index is 930. The van der Waals surface area contributed by atoms with E-state index in [0.29, 0.717) is 34.4 Å². The topological polar surface area (TPSA) is 47.6 Å². The van der Waals surface area contributed by atoms with Crippen molar-refractivity contribution < 1.29 is 14.3 Å². The minimum Gasteiger partial charge on any atom is -0.491 e. The number of rotatable bonds is 6. The summed E-state index contributed by atoms with van der Waals surface area (Å²) in [6.45, 7) is 0.343. The van der Waals surface area contributed by atoms with Gasteiger partial charge in [-0.05, 0) is 64.6 Å². The molecule has 3 aromatic rings. The molecule has 0 aliphatic rings. The van der Waals surface area contributed by atoms with Crippen molar-refractivity contribution in [2.45, 2.75) is 6.61 Å². The molecule has 0 spiro atoms. The molecule has 0 radical (unpaired) electrons. The molecule has 0 saturated heterocycles. The lowest BCUT2D eigenvalue weighted by Gasteiger charge is -2.14. The third kappa shape index (κ3) is 5.14. The van der Waals surface area contributed by atoms with Crippen LogP contribution in [0.3, 0.4) is 0 Å². The summed E-state index contributed by atoms with van der Waals surface area (Å²) in [6.07, 6.45) is 0. The van der Waals surface area contributed by atoms with E-state index in [-0.39, 0.29) is 5.91 Å². The molecule has 0 atom stereocenters. The van der Waals surface area contributed by atoms with Gasteiger partial charge in [0, 0.05) is 14.8 Å². The number of amides is 1. The number of halogens is 2. The number of hydrogen-bond acceptors (Lipinski definition) is 3. The molecule has 0 aliphatic carbocycles. The van der Waals surface area contributed by atoms with E-state index in [2.05, 4.69) is 27.9 Å². The second-order valence-electron chi connectivity index (χ2n) is 5.72. The third-order valence-corrected chi connectivity index (χ3v) is 4.82. The first-order chi connectivity index (χ1) is 13.1. The van der Waals surface area contributed by atoms with Crippen molar-refractivity contribution in [3.63, 3.8) is 0 Å². The number of nitrogens with one attached hydrogen (secondary N) is 1. The molecule has 0 aliphatic heterocycles. The molecular formula is C21H17ClINO3. The number of ether oxygens (including phenoxy) is 2. The Morgan fingerprint density at radius 2 is 1.78 bits per heavy atom. The van der Waals surface area contributed by atoms with Crippen LogP contribution in [0.15, 0.2) is 66.7 Å². The van der Waals surface area contributed by atoms with Crippen molar-refractivity contribution in [3.8, 4) is 11.5 Å². The van der Waals surface area contributed by atoms with Crippen molar-refractivity contribution in [1.29, 1.82) is 0 Å². The number of benzene rings is 3. The molecule has 0 heterocycles. The van der Waals surface area contributed by atoms with Gasteiger partial charge in [0.15, 0.2) is 11.5 Å². The Balaban J connectivity index is 1.82. The zero-order valence-electron chi connectivity index (χ0n) is 14.5. The van der Waals surface area contributed by atoms with E-state index >= 15 is 0 Å². The van der Waals surface area contributed by atoms with Crippen molar-refractivity contribution in [2.75, 3.05) is 12.4 Å². The van der Waals surface area contributed by atoms with Gasteiger partial charge in [0.25, 0.3) is 5.91 Å². The smallest absolute Gasteiger partial charge is 0.255 e. The van der Waals surface area contributed by atoms with E-state index in [1.807, 2.05) is 54.6 Å². The van der Waals surface area contributed by atoms with Gasteiger partial charge in [-0.1, -0.05) is 41.9 Å². The summed E-state index contributed by atoms with van der Waals surface area (Å²) in [4.78, 5) is 12.6. The van der Waals surface area contributed by atoms with Crippen LogP contribution in [-0.4, -0.2) is 13.0 Å². The van der Waals surface area contributed by atoms with Crippen molar-refractivity contribution >= 4 is 45.8 Å². The van der Waals surface area contributed by atoms with Crippen LogP contribution >= 0.6 is 34.2 Å². The van der Waals surface area contributed by atoms with E-state index in [4.69, 9.17) is 21.1 Å². The molecule has 0 aromatic heterocycles. The molecule has 0 unspecified atom stereocenters. The minimum absolute atomic E-state index is 0.273. The largest absolute Gasteiger partial charge is 0.491 e. The predicted molar refractivity (Wildman–Crippen MR) is 116 cm³/mol. The molecule has 0 bridgehead atoms. The SMILES string of the molecule is COc1c(Cl)cc(C(=O)Nc2ccc(I)cc2)cc1OCc1ccccc1. The Kier molecular flexibility index (Phi) is 6.58. The predicted octanol–water partition coefficient (Wildman–Crippen LogP) is 5.78. The van der Waals surface area contributed by atoms with Gasteiger partial charge < -0.3 is 14.8 Å². The fraction of sp³-hybridized carbons (Fsp3) is 0.0952. The molecule has 0 saturated carbocycles. The van der Waals surface area contributed by atoms with E-state index in [9.17, 15) is 4.79 Å². The molecule has 0 fully saturated rings. The fourth-order valence-corrected chi connectivity index (χ4v) is 3.12. The van der Waals surface area contributed by atoms with Gasteiger partial charge in [-0.15, -0.1) is 0 Å². The van der Waals surface area contributed by atoms with Crippen LogP contribution in [0.25, 0.3) is 0 Å². The highest BCUT2D eigenvalue weighted by atomic mass is 127. The summed E-state index contributed by atoms with van der Waals surface area (Å²) in [5.41, 5.74) is 2.10. The first-order valence-electron chi connectivity index (χ1n) is 8.18. The average molecular weight is 494 g/mol. The normalized spacial score (nSPS) is 10.3. The highest BCUT2D eigenvalue weighted by Gasteiger charge is 2.16. The third-order valence-electron chi connectivity index (χ3n) is 3.82. The summed E-state index contributed by atoms with van der Waals surface area (Å²) in [6, 6.07) is 20.5. The Morgan fingerprint density at radius 3 is 2.44 bits per heavy atom.